The van der Waals surface area contributed by atoms with Crippen molar-refractivity contribution in [3.8, 4) is 5.69 Å². The molecule has 1 amide bonds. The molecule has 0 bridgehead atoms. The summed E-state index contributed by atoms with van der Waals surface area (Å²) < 4.78 is 1.80. The number of halogens is 1. The van der Waals surface area contributed by atoms with E-state index in [4.69, 9.17) is 11.6 Å². The smallest absolute Gasteiger partial charge is 0.254 e. The van der Waals surface area contributed by atoms with E-state index in [0.717, 1.165) is 24.5 Å². The highest BCUT2D eigenvalue weighted by molar-refractivity contribution is 6.30. The largest absolute Gasteiger partial charge is 0.352 e. The van der Waals surface area contributed by atoms with Gasteiger partial charge in [0.2, 0.25) is 0 Å². The van der Waals surface area contributed by atoms with Gasteiger partial charge in [0.05, 0.1) is 23.1 Å². The molecular weight excluding hydrogens is 312 g/mol. The summed E-state index contributed by atoms with van der Waals surface area (Å²) in [7, 11) is 0. The Balaban J connectivity index is 1.87. The van der Waals surface area contributed by atoms with Crippen LogP contribution in [0.25, 0.3) is 5.69 Å². The lowest BCUT2D eigenvalue weighted by molar-refractivity contribution is 0.0941. The van der Waals surface area contributed by atoms with Crippen LogP contribution >= 0.6 is 11.6 Å². The zero-order valence-electron chi connectivity index (χ0n) is 13.3. The van der Waals surface area contributed by atoms with Gasteiger partial charge in [-0.3, -0.25) is 4.79 Å². The first kappa shape index (κ1) is 16.0. The summed E-state index contributed by atoms with van der Waals surface area (Å²) in [6, 6.07) is 7.49. The molecule has 2 heterocycles. The van der Waals surface area contributed by atoms with Crippen LogP contribution in [0.4, 0.5) is 0 Å². The Morgan fingerprint density at radius 3 is 2.87 bits per heavy atom. The van der Waals surface area contributed by atoms with E-state index < -0.39 is 0 Å². The van der Waals surface area contributed by atoms with Gasteiger partial charge < -0.3 is 10.6 Å². The van der Waals surface area contributed by atoms with Gasteiger partial charge >= 0.3 is 0 Å². The van der Waals surface area contributed by atoms with Gasteiger partial charge in [-0.05, 0) is 24.1 Å². The monoisotopic (exact) mass is 332 g/mol. The number of carbonyl (C=O) groups is 1. The summed E-state index contributed by atoms with van der Waals surface area (Å²) in [4.78, 5) is 12.5. The third-order valence-corrected chi connectivity index (χ3v) is 4.30. The predicted molar refractivity (Wildman–Crippen MR) is 91.4 cm³/mol. The van der Waals surface area contributed by atoms with Gasteiger partial charge in [-0.1, -0.05) is 31.5 Å². The molecule has 1 aliphatic heterocycles. The van der Waals surface area contributed by atoms with Crippen LogP contribution in [-0.2, 0) is 0 Å². The third-order valence-electron chi connectivity index (χ3n) is 4.07. The Morgan fingerprint density at radius 2 is 2.26 bits per heavy atom. The Kier molecular flexibility index (Phi) is 4.68. The van der Waals surface area contributed by atoms with Crippen molar-refractivity contribution in [2.45, 2.75) is 19.8 Å². The number of benzene rings is 1. The van der Waals surface area contributed by atoms with Crippen LogP contribution < -0.4 is 10.6 Å². The first-order valence-electron chi connectivity index (χ1n) is 7.89. The molecule has 0 atom stereocenters. The first-order chi connectivity index (χ1) is 11.1. The number of carbonyl (C=O) groups excluding carboxylic acids is 1. The van der Waals surface area contributed by atoms with Crippen LogP contribution in [0.1, 0.15) is 35.8 Å². The SMILES string of the molecule is CC(C)c1c(C(=O)NCC2CNC2)cnn1-c1cccc(Cl)c1. The van der Waals surface area contributed by atoms with E-state index in [1.165, 1.54) is 0 Å². The molecule has 1 aromatic heterocycles. The summed E-state index contributed by atoms with van der Waals surface area (Å²) in [5.41, 5.74) is 2.40. The second-order valence-corrected chi connectivity index (χ2v) is 6.66. The molecule has 5 nitrogen and oxygen atoms in total. The van der Waals surface area contributed by atoms with Crippen molar-refractivity contribution >= 4 is 17.5 Å². The van der Waals surface area contributed by atoms with E-state index >= 15 is 0 Å². The minimum atomic E-state index is -0.0612. The van der Waals surface area contributed by atoms with Crippen molar-refractivity contribution in [1.82, 2.24) is 20.4 Å². The molecule has 2 N–H and O–H groups in total. The number of nitrogens with zero attached hydrogens (tertiary/aromatic N) is 2. The van der Waals surface area contributed by atoms with Gasteiger partial charge in [-0.25, -0.2) is 4.68 Å². The molecule has 1 aliphatic rings. The number of amides is 1. The molecule has 0 radical (unpaired) electrons. The lowest BCUT2D eigenvalue weighted by atomic mass is 10.0. The topological polar surface area (TPSA) is 59.0 Å². The Hall–Kier alpha value is -1.85. The summed E-state index contributed by atoms with van der Waals surface area (Å²) in [6.45, 7) is 6.76. The second-order valence-electron chi connectivity index (χ2n) is 6.22. The summed E-state index contributed by atoms with van der Waals surface area (Å²) in [5.74, 6) is 0.640. The molecule has 0 unspecified atom stereocenters. The van der Waals surface area contributed by atoms with Gasteiger partial charge in [-0.15, -0.1) is 0 Å². The fraction of sp³-hybridized carbons (Fsp3) is 0.412. The number of rotatable bonds is 5. The fourth-order valence-corrected chi connectivity index (χ4v) is 2.91. The average molecular weight is 333 g/mol. The highest BCUT2D eigenvalue weighted by Gasteiger charge is 2.23. The molecular formula is C17H21ClN4O. The molecule has 3 rings (SSSR count). The van der Waals surface area contributed by atoms with E-state index in [1.807, 2.05) is 24.3 Å². The van der Waals surface area contributed by atoms with E-state index in [1.54, 1.807) is 10.9 Å². The minimum Gasteiger partial charge on any atom is -0.352 e. The Bertz CT molecular complexity index is 706. The predicted octanol–water partition coefficient (Wildman–Crippen LogP) is 2.60. The average Bonchev–Trinajstić information content (AvgIpc) is 2.90. The third kappa shape index (κ3) is 3.41. The van der Waals surface area contributed by atoms with Crippen molar-refractivity contribution in [3.63, 3.8) is 0 Å². The standard InChI is InChI=1S/C17H21ClN4O/c1-11(2)16-15(17(23)20-9-12-7-19-8-12)10-21-22(16)14-5-3-4-13(18)6-14/h3-6,10-12,19H,7-9H2,1-2H3,(H,20,23). The van der Waals surface area contributed by atoms with E-state index in [9.17, 15) is 4.79 Å². The van der Waals surface area contributed by atoms with Crippen molar-refractivity contribution < 1.29 is 4.79 Å². The molecule has 122 valence electrons. The normalized spacial score (nSPS) is 14.8. The van der Waals surface area contributed by atoms with E-state index in [2.05, 4.69) is 29.6 Å². The highest BCUT2D eigenvalue weighted by Crippen LogP contribution is 2.24. The fourth-order valence-electron chi connectivity index (χ4n) is 2.73. The zero-order valence-corrected chi connectivity index (χ0v) is 14.1. The minimum absolute atomic E-state index is 0.0612. The molecule has 1 aromatic carbocycles. The Morgan fingerprint density at radius 1 is 1.48 bits per heavy atom. The molecule has 1 saturated heterocycles. The molecule has 0 spiro atoms. The maximum absolute atomic E-state index is 12.5. The number of aromatic nitrogens is 2. The first-order valence-corrected chi connectivity index (χ1v) is 8.27. The summed E-state index contributed by atoms with van der Waals surface area (Å²) in [6.07, 6.45) is 1.64. The molecule has 1 fully saturated rings. The summed E-state index contributed by atoms with van der Waals surface area (Å²) in [5, 5.41) is 11.3. The molecule has 23 heavy (non-hydrogen) atoms. The van der Waals surface area contributed by atoms with Crippen LogP contribution in [-0.4, -0.2) is 35.3 Å². The Labute approximate surface area is 141 Å². The quantitative estimate of drug-likeness (QED) is 0.884. The molecule has 2 aromatic rings. The zero-order chi connectivity index (χ0) is 16.4. The second kappa shape index (κ2) is 6.72. The maximum Gasteiger partial charge on any atom is 0.254 e. The van der Waals surface area contributed by atoms with Crippen LogP contribution in [0, 0.1) is 5.92 Å². The highest BCUT2D eigenvalue weighted by atomic mass is 35.5. The van der Waals surface area contributed by atoms with Gasteiger partial charge in [0.15, 0.2) is 0 Å². The number of hydrogen-bond donors (Lipinski definition) is 2. The maximum atomic E-state index is 12.5. The number of nitrogens with one attached hydrogen (secondary N) is 2. The number of hydrogen-bond acceptors (Lipinski definition) is 3. The van der Waals surface area contributed by atoms with Crippen LogP contribution in [0.5, 0.6) is 0 Å². The van der Waals surface area contributed by atoms with E-state index in [-0.39, 0.29) is 11.8 Å². The van der Waals surface area contributed by atoms with Crippen molar-refractivity contribution in [2.24, 2.45) is 5.92 Å². The van der Waals surface area contributed by atoms with Crippen molar-refractivity contribution in [2.75, 3.05) is 19.6 Å². The molecule has 0 saturated carbocycles. The van der Waals surface area contributed by atoms with Crippen molar-refractivity contribution in [3.05, 3.63) is 46.7 Å². The summed E-state index contributed by atoms with van der Waals surface area (Å²) >= 11 is 6.08. The van der Waals surface area contributed by atoms with E-state index in [0.29, 0.717) is 23.0 Å². The molecule has 0 aliphatic carbocycles. The van der Waals surface area contributed by atoms with Crippen LogP contribution in [0.15, 0.2) is 30.5 Å². The lowest BCUT2D eigenvalue weighted by Crippen LogP contribution is -2.48. The van der Waals surface area contributed by atoms with Crippen LogP contribution in [0.3, 0.4) is 0 Å². The van der Waals surface area contributed by atoms with Gasteiger partial charge in [0.1, 0.15) is 0 Å². The lowest BCUT2D eigenvalue weighted by Gasteiger charge is -2.27. The van der Waals surface area contributed by atoms with Gasteiger partial charge in [0, 0.05) is 30.6 Å². The van der Waals surface area contributed by atoms with Gasteiger partial charge in [-0.2, -0.15) is 5.10 Å². The van der Waals surface area contributed by atoms with Crippen molar-refractivity contribution in [1.29, 1.82) is 0 Å². The van der Waals surface area contributed by atoms with Crippen LogP contribution in [0.2, 0.25) is 5.02 Å². The van der Waals surface area contributed by atoms with Gasteiger partial charge in [0.25, 0.3) is 5.91 Å². The molecule has 6 heteroatoms.